The smallest absolute Gasteiger partial charge is 0.306 e. The molecule has 0 aromatic heterocycles. The van der Waals surface area contributed by atoms with E-state index in [0.717, 1.165) is 57.8 Å². The lowest BCUT2D eigenvalue weighted by Crippen LogP contribution is -2.61. The van der Waals surface area contributed by atoms with Gasteiger partial charge in [0.05, 0.1) is 19.8 Å². The molecule has 0 aromatic carbocycles. The lowest BCUT2D eigenvalue weighted by Gasteiger charge is -2.42. The minimum absolute atomic E-state index is 0.159. The van der Waals surface area contributed by atoms with Crippen molar-refractivity contribution in [2.75, 3.05) is 26.4 Å². The number of unbranched alkanes of at least 4 members (excludes halogenated alkanes) is 23. The normalized spacial score (nSPS) is 26.6. The number of aliphatic hydroxyl groups is 7. The molecule has 0 bridgehead atoms. The van der Waals surface area contributed by atoms with Gasteiger partial charge in [0.1, 0.15) is 55.4 Å². The van der Waals surface area contributed by atoms with Crippen LogP contribution < -0.4 is 0 Å². The first-order valence-corrected chi connectivity index (χ1v) is 25.3. The quantitative estimate of drug-likeness (QED) is 0.0196. The molecule has 0 spiro atoms. The molecule has 4 unspecified atom stereocenters. The van der Waals surface area contributed by atoms with E-state index in [1.807, 2.05) is 0 Å². The summed E-state index contributed by atoms with van der Waals surface area (Å²) in [5.74, 6) is -0.926. The molecule has 64 heavy (non-hydrogen) atoms. The molecule has 15 heteroatoms. The van der Waals surface area contributed by atoms with E-state index in [-0.39, 0.29) is 26.1 Å². The molecular weight excluding hydrogens is 829 g/mol. The third-order valence-electron chi connectivity index (χ3n) is 12.2. The molecule has 11 atom stereocenters. The Balaban J connectivity index is 1.82. The Kier molecular flexibility index (Phi) is 34.0. The zero-order chi connectivity index (χ0) is 46.8. The second kappa shape index (κ2) is 37.2. The first-order valence-electron chi connectivity index (χ1n) is 25.3. The first-order chi connectivity index (χ1) is 31.0. The minimum Gasteiger partial charge on any atom is -0.462 e. The Morgan fingerprint density at radius 2 is 0.891 bits per heavy atom. The second-order valence-corrected chi connectivity index (χ2v) is 18.0. The first kappa shape index (κ1) is 58.4. The zero-order valence-corrected chi connectivity index (χ0v) is 39.5. The van der Waals surface area contributed by atoms with Crippen LogP contribution in [-0.4, -0.2) is 142 Å². The van der Waals surface area contributed by atoms with Crippen LogP contribution in [0.25, 0.3) is 0 Å². The van der Waals surface area contributed by atoms with Gasteiger partial charge >= 0.3 is 11.9 Å². The number of hydrogen-bond acceptors (Lipinski definition) is 15. The fourth-order valence-corrected chi connectivity index (χ4v) is 8.04. The van der Waals surface area contributed by atoms with Gasteiger partial charge in [0.25, 0.3) is 0 Å². The van der Waals surface area contributed by atoms with E-state index < -0.39 is 92.7 Å². The largest absolute Gasteiger partial charge is 0.462 e. The van der Waals surface area contributed by atoms with Gasteiger partial charge in [-0.05, 0) is 38.5 Å². The molecule has 0 amide bonds. The second-order valence-electron chi connectivity index (χ2n) is 18.0. The van der Waals surface area contributed by atoms with E-state index in [1.165, 1.54) is 96.3 Å². The Hall–Kier alpha value is -1.76. The summed E-state index contributed by atoms with van der Waals surface area (Å²) in [5, 5.41) is 72.0. The van der Waals surface area contributed by atoms with Crippen LogP contribution in [0.3, 0.4) is 0 Å². The number of aliphatic hydroxyl groups excluding tert-OH is 7. The van der Waals surface area contributed by atoms with Crippen molar-refractivity contribution in [3.8, 4) is 0 Å². The predicted molar refractivity (Wildman–Crippen MR) is 243 cm³/mol. The van der Waals surface area contributed by atoms with Crippen LogP contribution >= 0.6 is 0 Å². The summed E-state index contributed by atoms with van der Waals surface area (Å²) < 4.78 is 33.5. The molecule has 0 saturated carbocycles. The van der Waals surface area contributed by atoms with Crippen LogP contribution in [0.4, 0.5) is 0 Å². The molecule has 376 valence electrons. The maximum absolute atomic E-state index is 13.0. The van der Waals surface area contributed by atoms with E-state index in [9.17, 15) is 45.3 Å². The Morgan fingerprint density at radius 1 is 0.484 bits per heavy atom. The highest BCUT2D eigenvalue weighted by atomic mass is 16.7. The molecule has 15 nitrogen and oxygen atoms in total. The van der Waals surface area contributed by atoms with Gasteiger partial charge in [-0.15, -0.1) is 0 Å². The Bertz CT molecular complexity index is 1170. The van der Waals surface area contributed by atoms with Crippen LogP contribution in [-0.2, 0) is 38.0 Å². The average molecular weight is 919 g/mol. The standard InChI is InChI=1S/C49H90O15/c1-3-5-7-9-11-13-15-17-18-20-22-24-26-28-30-32-41(52)62-37(34-59-40(51)31-29-27-25-23-21-19-16-14-12-10-8-6-4-2)35-60-48-47(58)45(56)43(54)39(64-48)36-61-49-46(57)44(55)42(53)38(33-50)63-49/h17-18,37-39,42-50,53-58H,3-16,19-36H2,1-2H3/b18-17+/t37-,38-,39-,42+,43+,44?,45?,46?,47?,48-,49-/m1/s1. The third-order valence-corrected chi connectivity index (χ3v) is 12.2. The van der Waals surface area contributed by atoms with Crippen molar-refractivity contribution in [1.82, 2.24) is 0 Å². The van der Waals surface area contributed by atoms with Crippen LogP contribution in [0.5, 0.6) is 0 Å². The van der Waals surface area contributed by atoms with Crippen LogP contribution in [0, 0.1) is 0 Å². The van der Waals surface area contributed by atoms with Crippen molar-refractivity contribution < 1.29 is 73.8 Å². The molecule has 2 fully saturated rings. The molecule has 2 rings (SSSR count). The summed E-state index contributed by atoms with van der Waals surface area (Å²) in [4.78, 5) is 25.7. The number of esters is 2. The van der Waals surface area contributed by atoms with Crippen molar-refractivity contribution in [2.24, 2.45) is 0 Å². The number of carbonyl (C=O) groups excluding carboxylic acids is 2. The van der Waals surface area contributed by atoms with Gasteiger partial charge in [0.2, 0.25) is 0 Å². The molecule has 0 radical (unpaired) electrons. The monoisotopic (exact) mass is 919 g/mol. The molecule has 2 heterocycles. The fraction of sp³-hybridized carbons (Fsp3) is 0.918. The van der Waals surface area contributed by atoms with Gasteiger partial charge in [-0.3, -0.25) is 9.59 Å². The van der Waals surface area contributed by atoms with E-state index in [4.69, 9.17) is 28.4 Å². The number of allylic oxidation sites excluding steroid dienone is 2. The van der Waals surface area contributed by atoms with Gasteiger partial charge in [0, 0.05) is 12.8 Å². The van der Waals surface area contributed by atoms with Crippen LogP contribution in [0.1, 0.15) is 194 Å². The Morgan fingerprint density at radius 3 is 1.38 bits per heavy atom. The van der Waals surface area contributed by atoms with Crippen molar-refractivity contribution >= 4 is 11.9 Å². The van der Waals surface area contributed by atoms with Crippen molar-refractivity contribution in [3.63, 3.8) is 0 Å². The number of ether oxygens (including phenoxy) is 6. The molecule has 2 aliphatic heterocycles. The van der Waals surface area contributed by atoms with Crippen molar-refractivity contribution in [3.05, 3.63) is 12.2 Å². The third kappa shape index (κ3) is 25.4. The fourth-order valence-electron chi connectivity index (χ4n) is 8.04. The summed E-state index contributed by atoms with van der Waals surface area (Å²) in [6, 6.07) is 0. The topological polar surface area (TPSA) is 231 Å². The van der Waals surface area contributed by atoms with E-state index >= 15 is 0 Å². The number of rotatable bonds is 39. The van der Waals surface area contributed by atoms with E-state index in [2.05, 4.69) is 26.0 Å². The summed E-state index contributed by atoms with van der Waals surface area (Å²) in [5.41, 5.74) is 0. The minimum atomic E-state index is -1.76. The highest BCUT2D eigenvalue weighted by molar-refractivity contribution is 5.70. The van der Waals surface area contributed by atoms with Gasteiger partial charge in [-0.25, -0.2) is 0 Å². The summed E-state index contributed by atoms with van der Waals surface area (Å²) >= 11 is 0. The van der Waals surface area contributed by atoms with Crippen molar-refractivity contribution in [1.29, 1.82) is 0 Å². The lowest BCUT2D eigenvalue weighted by molar-refractivity contribution is -0.332. The van der Waals surface area contributed by atoms with E-state index in [1.54, 1.807) is 0 Å². The molecule has 7 N–H and O–H groups in total. The predicted octanol–water partition coefficient (Wildman–Crippen LogP) is 6.60. The maximum atomic E-state index is 13.0. The molecule has 0 aromatic rings. The lowest BCUT2D eigenvalue weighted by atomic mass is 9.98. The van der Waals surface area contributed by atoms with Crippen LogP contribution in [0.2, 0.25) is 0 Å². The Labute approximate surface area is 384 Å². The van der Waals surface area contributed by atoms with Gasteiger partial charge in [-0.2, -0.15) is 0 Å². The van der Waals surface area contributed by atoms with Gasteiger partial charge < -0.3 is 64.2 Å². The molecule has 0 aliphatic carbocycles. The van der Waals surface area contributed by atoms with Crippen LogP contribution in [0.15, 0.2) is 12.2 Å². The van der Waals surface area contributed by atoms with Gasteiger partial charge in [0.15, 0.2) is 18.7 Å². The number of carbonyl (C=O) groups is 2. The molecular formula is C49H90O15. The molecule has 2 saturated heterocycles. The zero-order valence-electron chi connectivity index (χ0n) is 39.5. The maximum Gasteiger partial charge on any atom is 0.306 e. The SMILES string of the molecule is CCCCCCCC/C=C/CCCCCCCC(=O)O[C@H](COC(=O)CCCCCCCCCCCCCCC)CO[C@@H]1O[C@H](CO[C@@H]2O[C@H](CO)[C@H](O)C(O)C2O)[C@H](O)C(O)C1O. The summed E-state index contributed by atoms with van der Waals surface area (Å²) in [6.07, 6.45) is 18.1. The average Bonchev–Trinajstić information content (AvgIpc) is 3.29. The highest BCUT2D eigenvalue weighted by Crippen LogP contribution is 2.26. The van der Waals surface area contributed by atoms with Crippen molar-refractivity contribution in [2.45, 2.75) is 261 Å². The summed E-state index contributed by atoms with van der Waals surface area (Å²) in [6.45, 7) is 2.58. The highest BCUT2D eigenvalue weighted by Gasteiger charge is 2.47. The summed E-state index contributed by atoms with van der Waals surface area (Å²) in [7, 11) is 0. The number of hydrogen-bond donors (Lipinski definition) is 7. The van der Waals surface area contributed by atoms with E-state index in [0.29, 0.717) is 12.8 Å². The molecule has 2 aliphatic rings. The van der Waals surface area contributed by atoms with Gasteiger partial charge in [-0.1, -0.05) is 154 Å².